The molecule has 1 amide bonds. The zero-order valence-electron chi connectivity index (χ0n) is 13.9. The summed E-state index contributed by atoms with van der Waals surface area (Å²) in [6.45, 7) is 3.84. The van der Waals surface area contributed by atoms with Crippen molar-refractivity contribution in [1.29, 1.82) is 0 Å². The summed E-state index contributed by atoms with van der Waals surface area (Å²) < 4.78 is 7.23. The van der Waals surface area contributed by atoms with Gasteiger partial charge < -0.3 is 4.74 Å². The highest BCUT2D eigenvalue weighted by Gasteiger charge is 2.21. The van der Waals surface area contributed by atoms with Gasteiger partial charge in [-0.05, 0) is 25.0 Å². The number of nitrogens with zero attached hydrogens (tertiary/aromatic N) is 5. The van der Waals surface area contributed by atoms with Crippen LogP contribution >= 0.6 is 11.3 Å². The second kappa shape index (κ2) is 7.84. The number of amides is 1. The normalized spacial score (nSPS) is 11.9. The number of nitrogens with one attached hydrogen (secondary N) is 1. The van der Waals surface area contributed by atoms with Crippen molar-refractivity contribution in [3.05, 3.63) is 41.7 Å². The minimum atomic E-state index is -0.708. The van der Waals surface area contributed by atoms with Crippen molar-refractivity contribution < 1.29 is 9.53 Å². The topological polar surface area (TPSA) is 94.8 Å². The number of hydrogen-bond acceptors (Lipinski definition) is 7. The van der Waals surface area contributed by atoms with E-state index >= 15 is 0 Å². The van der Waals surface area contributed by atoms with Crippen LogP contribution in [-0.4, -0.2) is 37.0 Å². The first kappa shape index (κ1) is 17.0. The lowest BCUT2D eigenvalue weighted by Crippen LogP contribution is -2.32. The van der Waals surface area contributed by atoms with Gasteiger partial charge in [0.2, 0.25) is 5.13 Å². The molecule has 2 aromatic heterocycles. The van der Waals surface area contributed by atoms with Crippen LogP contribution in [0.2, 0.25) is 0 Å². The van der Waals surface area contributed by atoms with Crippen molar-refractivity contribution in [2.45, 2.75) is 32.8 Å². The highest BCUT2D eigenvalue weighted by molar-refractivity contribution is 7.15. The van der Waals surface area contributed by atoms with Gasteiger partial charge >= 0.3 is 6.01 Å². The number of benzene rings is 1. The van der Waals surface area contributed by atoms with E-state index in [1.807, 2.05) is 44.2 Å². The first-order valence-corrected chi connectivity index (χ1v) is 8.78. The van der Waals surface area contributed by atoms with E-state index < -0.39 is 6.10 Å². The SMILES string of the molecule is CCc1nnc(NC(=O)C(CC)Oc2ncn(-c3ccccc3)n2)s1. The van der Waals surface area contributed by atoms with E-state index in [1.54, 1.807) is 11.0 Å². The number of carbonyl (C=O) groups excluding carboxylic acids is 1. The van der Waals surface area contributed by atoms with Gasteiger partial charge in [0, 0.05) is 0 Å². The molecule has 3 rings (SSSR count). The summed E-state index contributed by atoms with van der Waals surface area (Å²) in [5.74, 6) is -0.294. The molecule has 0 fully saturated rings. The van der Waals surface area contributed by atoms with Crippen LogP contribution in [0.1, 0.15) is 25.3 Å². The molecule has 8 nitrogen and oxygen atoms in total. The van der Waals surface area contributed by atoms with E-state index in [4.69, 9.17) is 4.74 Å². The van der Waals surface area contributed by atoms with Crippen molar-refractivity contribution in [1.82, 2.24) is 25.0 Å². The number of rotatable bonds is 7. The molecule has 25 heavy (non-hydrogen) atoms. The Balaban J connectivity index is 1.65. The Labute approximate surface area is 148 Å². The molecule has 1 N–H and O–H groups in total. The number of aryl methyl sites for hydroxylation is 1. The Hall–Kier alpha value is -2.81. The monoisotopic (exact) mass is 358 g/mol. The van der Waals surface area contributed by atoms with Gasteiger partial charge in [-0.2, -0.15) is 4.98 Å². The summed E-state index contributed by atoms with van der Waals surface area (Å²) in [5.41, 5.74) is 0.864. The second-order valence-corrected chi connectivity index (χ2v) is 6.23. The van der Waals surface area contributed by atoms with Crippen LogP contribution in [0.4, 0.5) is 5.13 Å². The standard InChI is InChI=1S/C16H18N6O2S/c1-3-12(14(23)18-16-20-19-13(4-2)25-16)24-15-17-10-22(21-15)11-8-6-5-7-9-11/h5-10,12H,3-4H2,1-2H3,(H,18,20,23). The smallest absolute Gasteiger partial charge is 0.336 e. The number of carbonyl (C=O) groups is 1. The molecule has 0 saturated carbocycles. The molecule has 0 aliphatic carbocycles. The summed E-state index contributed by atoms with van der Waals surface area (Å²) >= 11 is 1.35. The number of para-hydroxylation sites is 1. The third-order valence-electron chi connectivity index (χ3n) is 3.40. The van der Waals surface area contributed by atoms with Crippen molar-refractivity contribution in [3.63, 3.8) is 0 Å². The van der Waals surface area contributed by atoms with Gasteiger partial charge in [-0.25, -0.2) is 4.68 Å². The third-order valence-corrected chi connectivity index (χ3v) is 4.38. The maximum Gasteiger partial charge on any atom is 0.336 e. The van der Waals surface area contributed by atoms with E-state index in [0.29, 0.717) is 11.6 Å². The molecule has 0 radical (unpaired) electrons. The van der Waals surface area contributed by atoms with Crippen LogP contribution in [0.3, 0.4) is 0 Å². The predicted molar refractivity (Wildman–Crippen MR) is 94.0 cm³/mol. The first-order valence-electron chi connectivity index (χ1n) is 7.96. The molecule has 0 aliphatic rings. The lowest BCUT2D eigenvalue weighted by Gasteiger charge is -2.13. The fourth-order valence-electron chi connectivity index (χ4n) is 2.09. The van der Waals surface area contributed by atoms with Crippen LogP contribution < -0.4 is 10.1 Å². The third kappa shape index (κ3) is 4.18. The number of aromatic nitrogens is 5. The zero-order chi connectivity index (χ0) is 17.6. The van der Waals surface area contributed by atoms with Crippen LogP contribution in [0.15, 0.2) is 36.7 Å². The Bertz CT molecular complexity index is 832. The molecule has 0 spiro atoms. The molecular formula is C16H18N6O2S. The van der Waals surface area contributed by atoms with Gasteiger partial charge in [-0.1, -0.05) is 43.4 Å². The predicted octanol–water partition coefficient (Wildman–Crippen LogP) is 2.48. The summed E-state index contributed by atoms with van der Waals surface area (Å²) in [7, 11) is 0. The fraction of sp³-hybridized carbons (Fsp3) is 0.312. The minimum Gasteiger partial charge on any atom is -0.449 e. The summed E-state index contributed by atoms with van der Waals surface area (Å²) in [6, 6.07) is 9.70. The van der Waals surface area contributed by atoms with Crippen molar-refractivity contribution in [2.24, 2.45) is 0 Å². The number of anilines is 1. The molecule has 0 saturated heterocycles. The Morgan fingerprint density at radius 2 is 2.08 bits per heavy atom. The van der Waals surface area contributed by atoms with Crippen molar-refractivity contribution in [3.8, 4) is 11.7 Å². The average molecular weight is 358 g/mol. The minimum absolute atomic E-state index is 0.150. The van der Waals surface area contributed by atoms with Gasteiger partial charge in [0.05, 0.1) is 5.69 Å². The van der Waals surface area contributed by atoms with Crippen molar-refractivity contribution in [2.75, 3.05) is 5.32 Å². The van der Waals surface area contributed by atoms with Crippen LogP contribution in [-0.2, 0) is 11.2 Å². The Morgan fingerprint density at radius 1 is 1.28 bits per heavy atom. The Kier molecular flexibility index (Phi) is 5.34. The van der Waals surface area contributed by atoms with Crippen LogP contribution in [0.25, 0.3) is 5.69 Å². The quantitative estimate of drug-likeness (QED) is 0.697. The summed E-state index contributed by atoms with van der Waals surface area (Å²) in [6.07, 6.45) is 2.10. The molecule has 1 atom stereocenters. The van der Waals surface area contributed by atoms with Gasteiger partial charge in [0.15, 0.2) is 6.10 Å². The van der Waals surface area contributed by atoms with Crippen LogP contribution in [0, 0.1) is 0 Å². The van der Waals surface area contributed by atoms with E-state index in [2.05, 4.69) is 25.6 Å². The number of hydrogen-bond donors (Lipinski definition) is 1. The molecule has 0 aliphatic heterocycles. The number of ether oxygens (including phenoxy) is 1. The zero-order valence-corrected chi connectivity index (χ0v) is 14.7. The summed E-state index contributed by atoms with van der Waals surface area (Å²) in [4.78, 5) is 16.5. The fourth-order valence-corrected chi connectivity index (χ4v) is 2.77. The second-order valence-electron chi connectivity index (χ2n) is 5.17. The maximum absolute atomic E-state index is 12.4. The molecule has 1 aromatic carbocycles. The first-order chi connectivity index (χ1) is 12.2. The molecule has 3 aromatic rings. The molecular weight excluding hydrogens is 340 g/mol. The van der Waals surface area contributed by atoms with Gasteiger partial charge in [-0.3, -0.25) is 10.1 Å². The lowest BCUT2D eigenvalue weighted by molar-refractivity contribution is -0.123. The van der Waals surface area contributed by atoms with Gasteiger partial charge in [0.25, 0.3) is 5.91 Å². The molecule has 130 valence electrons. The van der Waals surface area contributed by atoms with Crippen molar-refractivity contribution >= 4 is 22.4 Å². The van der Waals surface area contributed by atoms with E-state index in [9.17, 15) is 4.79 Å². The van der Waals surface area contributed by atoms with Gasteiger partial charge in [0.1, 0.15) is 11.3 Å². The highest BCUT2D eigenvalue weighted by atomic mass is 32.1. The van der Waals surface area contributed by atoms with Crippen LogP contribution in [0.5, 0.6) is 6.01 Å². The Morgan fingerprint density at radius 3 is 2.76 bits per heavy atom. The van der Waals surface area contributed by atoms with E-state index in [1.165, 1.54) is 11.3 Å². The molecule has 0 bridgehead atoms. The van der Waals surface area contributed by atoms with E-state index in [0.717, 1.165) is 17.1 Å². The maximum atomic E-state index is 12.4. The van der Waals surface area contributed by atoms with E-state index in [-0.39, 0.29) is 11.9 Å². The molecule has 1 unspecified atom stereocenters. The van der Waals surface area contributed by atoms with Gasteiger partial charge in [-0.15, -0.1) is 15.3 Å². The highest BCUT2D eigenvalue weighted by Crippen LogP contribution is 2.17. The average Bonchev–Trinajstić information content (AvgIpc) is 3.29. The summed E-state index contributed by atoms with van der Waals surface area (Å²) in [5, 5.41) is 16.2. The largest absolute Gasteiger partial charge is 0.449 e. The molecule has 9 heteroatoms. The molecule has 2 heterocycles. The lowest BCUT2D eigenvalue weighted by atomic mass is 10.2.